The van der Waals surface area contributed by atoms with Crippen molar-refractivity contribution in [3.63, 3.8) is 0 Å². The third-order valence-electron chi connectivity index (χ3n) is 5.26. The van der Waals surface area contributed by atoms with Crippen LogP contribution in [-0.2, 0) is 13.1 Å². The minimum atomic E-state index is -0.153. The maximum Gasteiger partial charge on any atom is 0.317 e. The average molecular weight is 412 g/mol. The van der Waals surface area contributed by atoms with Gasteiger partial charge in [-0.15, -0.1) is 11.3 Å². The van der Waals surface area contributed by atoms with Crippen molar-refractivity contribution in [2.75, 3.05) is 20.1 Å². The minimum Gasteiger partial charge on any atom is -0.335 e. The number of piperidine rings is 1. The van der Waals surface area contributed by atoms with Crippen LogP contribution in [0.2, 0.25) is 0 Å². The van der Waals surface area contributed by atoms with E-state index in [4.69, 9.17) is 0 Å². The summed E-state index contributed by atoms with van der Waals surface area (Å²) in [6, 6.07) is 12.3. The zero-order valence-electron chi connectivity index (χ0n) is 16.4. The SMILES string of the molecule is CN(Cc1nc2ccsc2c(=O)[nH]1)C(=O)NC1CCN(Cc2ccccc2)CC1. The fourth-order valence-electron chi connectivity index (χ4n) is 3.65. The summed E-state index contributed by atoms with van der Waals surface area (Å²) in [5, 5.41) is 4.96. The summed E-state index contributed by atoms with van der Waals surface area (Å²) in [5.74, 6) is 0.497. The van der Waals surface area contributed by atoms with Gasteiger partial charge in [0.2, 0.25) is 0 Å². The van der Waals surface area contributed by atoms with Gasteiger partial charge >= 0.3 is 6.03 Å². The second-order valence-corrected chi connectivity index (χ2v) is 8.41. The van der Waals surface area contributed by atoms with Gasteiger partial charge in [0.1, 0.15) is 10.5 Å². The molecule has 0 saturated carbocycles. The number of fused-ring (bicyclic) bond motifs is 1. The molecule has 0 atom stereocenters. The van der Waals surface area contributed by atoms with Gasteiger partial charge in [-0.05, 0) is 29.9 Å². The van der Waals surface area contributed by atoms with Crippen molar-refractivity contribution in [2.45, 2.75) is 32.0 Å². The number of carbonyl (C=O) groups excluding carboxylic acids is 1. The molecule has 2 amide bonds. The first-order chi connectivity index (χ1) is 14.1. The molecule has 1 aliphatic rings. The van der Waals surface area contributed by atoms with Crippen molar-refractivity contribution in [2.24, 2.45) is 0 Å². The monoisotopic (exact) mass is 411 g/mol. The third kappa shape index (κ3) is 4.83. The van der Waals surface area contributed by atoms with E-state index < -0.39 is 0 Å². The van der Waals surface area contributed by atoms with Gasteiger partial charge in [-0.25, -0.2) is 9.78 Å². The lowest BCUT2D eigenvalue weighted by Crippen LogP contribution is -2.48. The van der Waals surface area contributed by atoms with E-state index in [9.17, 15) is 9.59 Å². The Morgan fingerprint density at radius 1 is 1.28 bits per heavy atom. The van der Waals surface area contributed by atoms with Crippen molar-refractivity contribution in [1.29, 1.82) is 0 Å². The van der Waals surface area contributed by atoms with E-state index in [2.05, 4.69) is 44.5 Å². The molecule has 2 N–H and O–H groups in total. The number of nitrogens with zero attached hydrogens (tertiary/aromatic N) is 3. The van der Waals surface area contributed by atoms with Gasteiger partial charge in [0.15, 0.2) is 0 Å². The van der Waals surface area contributed by atoms with E-state index in [0.29, 0.717) is 16.0 Å². The molecule has 0 radical (unpaired) electrons. The number of hydrogen-bond donors (Lipinski definition) is 2. The quantitative estimate of drug-likeness (QED) is 0.676. The Bertz CT molecular complexity index is 1020. The highest BCUT2D eigenvalue weighted by atomic mass is 32.1. The predicted molar refractivity (Wildman–Crippen MR) is 115 cm³/mol. The van der Waals surface area contributed by atoms with Gasteiger partial charge in [-0.3, -0.25) is 9.69 Å². The highest BCUT2D eigenvalue weighted by molar-refractivity contribution is 7.17. The summed E-state index contributed by atoms with van der Waals surface area (Å²) in [6.07, 6.45) is 1.87. The maximum absolute atomic E-state index is 12.6. The van der Waals surface area contributed by atoms with E-state index in [-0.39, 0.29) is 24.2 Å². The fraction of sp³-hybridized carbons (Fsp3) is 0.381. The molecular weight excluding hydrogens is 386 g/mol. The predicted octanol–water partition coefficient (Wildman–Crippen LogP) is 2.79. The first kappa shape index (κ1) is 19.6. The minimum absolute atomic E-state index is 0.139. The van der Waals surface area contributed by atoms with E-state index in [1.165, 1.54) is 16.9 Å². The Kier molecular flexibility index (Phi) is 5.92. The average Bonchev–Trinajstić information content (AvgIpc) is 3.19. The fourth-order valence-corrected chi connectivity index (χ4v) is 4.38. The zero-order chi connectivity index (χ0) is 20.2. The summed E-state index contributed by atoms with van der Waals surface area (Å²) >= 11 is 1.37. The van der Waals surface area contributed by atoms with Crippen LogP contribution in [0.25, 0.3) is 10.2 Å². The largest absolute Gasteiger partial charge is 0.335 e. The molecule has 0 spiro atoms. The van der Waals surface area contributed by atoms with Crippen LogP contribution < -0.4 is 10.9 Å². The molecule has 1 saturated heterocycles. The number of thiophene rings is 1. The molecule has 1 fully saturated rings. The number of urea groups is 1. The molecule has 3 aromatic rings. The van der Waals surface area contributed by atoms with Crippen LogP contribution in [0.15, 0.2) is 46.6 Å². The molecule has 3 heterocycles. The molecule has 0 unspecified atom stereocenters. The molecule has 2 aromatic heterocycles. The number of amides is 2. The van der Waals surface area contributed by atoms with Crippen molar-refractivity contribution >= 4 is 27.6 Å². The Balaban J connectivity index is 1.27. The second-order valence-electron chi connectivity index (χ2n) is 7.49. The lowest BCUT2D eigenvalue weighted by atomic mass is 10.0. The van der Waals surface area contributed by atoms with E-state index in [0.717, 1.165) is 32.5 Å². The summed E-state index contributed by atoms with van der Waals surface area (Å²) < 4.78 is 0.614. The summed E-state index contributed by atoms with van der Waals surface area (Å²) in [6.45, 7) is 3.14. The number of aromatic nitrogens is 2. The molecule has 152 valence electrons. The Morgan fingerprint density at radius 3 is 2.79 bits per heavy atom. The number of nitrogens with one attached hydrogen (secondary N) is 2. The normalized spacial score (nSPS) is 15.5. The summed E-state index contributed by atoms with van der Waals surface area (Å²) in [4.78, 5) is 35.8. The first-order valence-corrected chi connectivity index (χ1v) is 10.7. The molecule has 0 aliphatic carbocycles. The smallest absolute Gasteiger partial charge is 0.317 e. The van der Waals surface area contributed by atoms with Crippen LogP contribution in [0.1, 0.15) is 24.2 Å². The summed E-state index contributed by atoms with van der Waals surface area (Å²) in [7, 11) is 1.72. The van der Waals surface area contributed by atoms with Gasteiger partial charge in [0.25, 0.3) is 5.56 Å². The van der Waals surface area contributed by atoms with E-state index in [1.807, 2.05) is 17.5 Å². The molecule has 1 aliphatic heterocycles. The van der Waals surface area contributed by atoms with Gasteiger partial charge in [-0.1, -0.05) is 30.3 Å². The number of rotatable bonds is 5. The molecule has 29 heavy (non-hydrogen) atoms. The van der Waals surface area contributed by atoms with Gasteiger partial charge < -0.3 is 15.2 Å². The van der Waals surface area contributed by atoms with Crippen LogP contribution in [0, 0.1) is 0 Å². The topological polar surface area (TPSA) is 81.3 Å². The van der Waals surface area contributed by atoms with Gasteiger partial charge in [0, 0.05) is 32.7 Å². The maximum atomic E-state index is 12.6. The Hall–Kier alpha value is -2.71. The number of benzene rings is 1. The Labute approximate surface area is 173 Å². The number of aromatic amines is 1. The molecule has 8 heteroatoms. The van der Waals surface area contributed by atoms with Crippen LogP contribution in [0.5, 0.6) is 0 Å². The van der Waals surface area contributed by atoms with E-state index in [1.54, 1.807) is 11.9 Å². The number of hydrogen-bond acceptors (Lipinski definition) is 5. The highest BCUT2D eigenvalue weighted by Crippen LogP contribution is 2.15. The molecular formula is C21H25N5O2S. The number of carbonyl (C=O) groups is 1. The second kappa shape index (κ2) is 8.75. The Morgan fingerprint density at radius 2 is 2.03 bits per heavy atom. The van der Waals surface area contributed by atoms with Crippen molar-refractivity contribution in [1.82, 2.24) is 25.1 Å². The van der Waals surface area contributed by atoms with Crippen LogP contribution in [-0.4, -0.2) is 52.0 Å². The standard InChI is InChI=1S/C21H25N5O2S/c1-25(14-18-23-17-9-12-29-19(17)20(27)24-18)21(28)22-16-7-10-26(11-8-16)13-15-5-3-2-4-6-15/h2-6,9,12,16H,7-8,10-11,13-14H2,1H3,(H,22,28)(H,23,24,27). The van der Waals surface area contributed by atoms with Crippen LogP contribution >= 0.6 is 11.3 Å². The van der Waals surface area contributed by atoms with E-state index >= 15 is 0 Å². The summed E-state index contributed by atoms with van der Waals surface area (Å²) in [5.41, 5.74) is 1.84. The number of likely N-dealkylation sites (tertiary alicyclic amines) is 1. The lowest BCUT2D eigenvalue weighted by Gasteiger charge is -2.33. The van der Waals surface area contributed by atoms with Crippen molar-refractivity contribution in [3.05, 3.63) is 63.5 Å². The number of H-pyrrole nitrogens is 1. The lowest BCUT2D eigenvalue weighted by molar-refractivity contribution is 0.172. The zero-order valence-corrected chi connectivity index (χ0v) is 17.2. The first-order valence-electron chi connectivity index (χ1n) is 9.83. The van der Waals surface area contributed by atoms with Crippen LogP contribution in [0.3, 0.4) is 0 Å². The van der Waals surface area contributed by atoms with Crippen molar-refractivity contribution < 1.29 is 4.79 Å². The van der Waals surface area contributed by atoms with Gasteiger partial charge in [0.05, 0.1) is 12.1 Å². The molecule has 1 aromatic carbocycles. The van der Waals surface area contributed by atoms with Crippen LogP contribution in [0.4, 0.5) is 4.79 Å². The molecule has 4 rings (SSSR count). The third-order valence-corrected chi connectivity index (χ3v) is 6.16. The van der Waals surface area contributed by atoms with Crippen molar-refractivity contribution in [3.8, 4) is 0 Å². The van der Waals surface area contributed by atoms with Gasteiger partial charge in [-0.2, -0.15) is 0 Å². The molecule has 7 nitrogen and oxygen atoms in total. The highest BCUT2D eigenvalue weighted by Gasteiger charge is 2.22. The molecule has 0 bridgehead atoms.